The molecule has 108 valence electrons. The third kappa shape index (κ3) is 4.13. The van der Waals surface area contributed by atoms with Gasteiger partial charge in [0, 0.05) is 4.47 Å². The van der Waals surface area contributed by atoms with Crippen LogP contribution in [0.25, 0.3) is 0 Å². The second-order valence-electron chi connectivity index (χ2n) is 4.39. The lowest BCUT2D eigenvalue weighted by Gasteiger charge is -2.11. The van der Waals surface area contributed by atoms with E-state index in [1.54, 1.807) is 13.0 Å². The van der Waals surface area contributed by atoms with Gasteiger partial charge in [-0.1, -0.05) is 46.3 Å². The van der Waals surface area contributed by atoms with Crippen LogP contribution in [0, 0.1) is 11.8 Å². The normalized spacial score (nSPS) is 10.0. The highest BCUT2D eigenvalue weighted by Crippen LogP contribution is 2.32. The number of ether oxygens (including phenoxy) is 1. The Hall–Kier alpha value is -2.21. The van der Waals surface area contributed by atoms with Crippen molar-refractivity contribution in [2.24, 2.45) is 5.18 Å². The van der Waals surface area contributed by atoms with Gasteiger partial charge in [0.15, 0.2) is 0 Å². The maximum absolute atomic E-state index is 11.8. The summed E-state index contributed by atoms with van der Waals surface area (Å²) < 4.78 is 5.83. The van der Waals surface area contributed by atoms with Crippen LogP contribution in [0.15, 0.2) is 52.1 Å². The number of nitroso groups, excluding NO2 is 1. The quantitative estimate of drug-likeness (QED) is 0.798. The minimum atomic E-state index is -0.630. The fourth-order valence-electron chi connectivity index (χ4n) is 1.82. The molecule has 6 heteroatoms. The van der Waals surface area contributed by atoms with Gasteiger partial charge in [0.05, 0.1) is 5.69 Å². The smallest absolute Gasteiger partial charge is 0.412 e. The van der Waals surface area contributed by atoms with Gasteiger partial charge >= 0.3 is 6.09 Å². The summed E-state index contributed by atoms with van der Waals surface area (Å²) >= 11 is 3.27. The van der Waals surface area contributed by atoms with Crippen molar-refractivity contribution in [3.63, 3.8) is 0 Å². The molecule has 1 amide bonds. The molecule has 0 saturated heterocycles. The summed E-state index contributed by atoms with van der Waals surface area (Å²) in [5, 5.41) is 5.46. The van der Waals surface area contributed by atoms with E-state index in [9.17, 15) is 9.70 Å². The molecule has 5 nitrogen and oxygen atoms in total. The largest absolute Gasteiger partial charge is 0.444 e. The standard InChI is InChI=1S/C15H13BrN2O3/c1-10-7-12(16)8-13(18-20)14(10)17-15(19)21-9-11-5-3-2-4-6-11/h2-8H,9H2,1H3,(H,17,19). The van der Waals surface area contributed by atoms with Crippen molar-refractivity contribution >= 4 is 33.4 Å². The number of carbonyl (C=O) groups is 1. The number of aryl methyl sites for hydroxylation is 1. The van der Waals surface area contributed by atoms with Gasteiger partial charge in [-0.2, -0.15) is 0 Å². The van der Waals surface area contributed by atoms with Gasteiger partial charge in [-0.05, 0) is 35.4 Å². The lowest BCUT2D eigenvalue weighted by Crippen LogP contribution is -2.14. The van der Waals surface area contributed by atoms with E-state index in [0.717, 1.165) is 15.6 Å². The van der Waals surface area contributed by atoms with Gasteiger partial charge in [0.25, 0.3) is 0 Å². The molecule has 0 fully saturated rings. The number of nitrogens with zero attached hydrogens (tertiary/aromatic N) is 1. The van der Waals surface area contributed by atoms with Crippen LogP contribution in [0.1, 0.15) is 11.1 Å². The van der Waals surface area contributed by atoms with Gasteiger partial charge < -0.3 is 4.74 Å². The summed E-state index contributed by atoms with van der Waals surface area (Å²) in [6.07, 6.45) is -0.630. The van der Waals surface area contributed by atoms with Crippen LogP contribution >= 0.6 is 15.9 Å². The van der Waals surface area contributed by atoms with Crippen LogP contribution in [-0.4, -0.2) is 6.09 Å². The number of rotatable bonds is 4. The third-order valence-corrected chi connectivity index (χ3v) is 3.28. The molecular formula is C15H13BrN2O3. The molecule has 0 saturated carbocycles. The van der Waals surface area contributed by atoms with E-state index in [1.807, 2.05) is 30.3 Å². The van der Waals surface area contributed by atoms with Gasteiger partial charge in [0.1, 0.15) is 12.3 Å². The summed E-state index contributed by atoms with van der Waals surface area (Å²) in [6, 6.07) is 12.6. The van der Waals surface area contributed by atoms with Crippen molar-refractivity contribution in [2.75, 3.05) is 5.32 Å². The maximum atomic E-state index is 11.8. The molecule has 1 N–H and O–H groups in total. The van der Waals surface area contributed by atoms with E-state index in [0.29, 0.717) is 5.69 Å². The van der Waals surface area contributed by atoms with Crippen LogP contribution in [0.5, 0.6) is 0 Å². The Bertz CT molecular complexity index is 659. The number of halogens is 1. The average Bonchev–Trinajstić information content (AvgIpc) is 2.48. The number of amides is 1. The second-order valence-corrected chi connectivity index (χ2v) is 5.31. The van der Waals surface area contributed by atoms with Crippen LogP contribution in [0.4, 0.5) is 16.2 Å². The Morgan fingerprint density at radius 1 is 1.29 bits per heavy atom. The Labute approximate surface area is 130 Å². The molecule has 0 atom stereocenters. The fourth-order valence-corrected chi connectivity index (χ4v) is 2.38. The number of nitrogens with one attached hydrogen (secondary N) is 1. The summed E-state index contributed by atoms with van der Waals surface area (Å²) in [5.41, 5.74) is 2.11. The van der Waals surface area contributed by atoms with Crippen molar-refractivity contribution in [3.8, 4) is 0 Å². The average molecular weight is 349 g/mol. The SMILES string of the molecule is Cc1cc(Br)cc(N=O)c1NC(=O)OCc1ccccc1. The van der Waals surface area contributed by atoms with E-state index < -0.39 is 6.09 Å². The van der Waals surface area contributed by atoms with E-state index in [4.69, 9.17) is 4.74 Å². The zero-order chi connectivity index (χ0) is 15.2. The van der Waals surface area contributed by atoms with Gasteiger partial charge in [-0.25, -0.2) is 4.79 Å². The third-order valence-electron chi connectivity index (χ3n) is 2.82. The monoisotopic (exact) mass is 348 g/mol. The number of benzene rings is 2. The Morgan fingerprint density at radius 3 is 2.67 bits per heavy atom. The number of hydrogen-bond donors (Lipinski definition) is 1. The Kier molecular flexibility index (Phi) is 5.05. The van der Waals surface area contributed by atoms with Crippen molar-refractivity contribution in [1.82, 2.24) is 0 Å². The van der Waals surface area contributed by atoms with Crippen molar-refractivity contribution in [3.05, 3.63) is 63.0 Å². The first-order chi connectivity index (χ1) is 10.1. The van der Waals surface area contributed by atoms with Crippen molar-refractivity contribution < 1.29 is 9.53 Å². The first-order valence-electron chi connectivity index (χ1n) is 6.21. The Morgan fingerprint density at radius 2 is 2.00 bits per heavy atom. The molecule has 0 aliphatic heterocycles. The molecule has 2 aromatic carbocycles. The summed E-state index contributed by atoms with van der Waals surface area (Å²) in [4.78, 5) is 22.6. The zero-order valence-electron chi connectivity index (χ0n) is 11.3. The van der Waals surface area contributed by atoms with Gasteiger partial charge in [-0.15, -0.1) is 4.91 Å². The molecule has 0 aliphatic rings. The fraction of sp³-hybridized carbons (Fsp3) is 0.133. The van der Waals surface area contributed by atoms with Crippen molar-refractivity contribution in [1.29, 1.82) is 0 Å². The molecule has 0 spiro atoms. The van der Waals surface area contributed by atoms with E-state index in [1.165, 1.54) is 6.07 Å². The summed E-state index contributed by atoms with van der Waals surface area (Å²) in [6.45, 7) is 1.93. The number of hydrogen-bond acceptors (Lipinski definition) is 4. The minimum Gasteiger partial charge on any atom is -0.444 e. The van der Waals surface area contributed by atoms with Crippen LogP contribution in [-0.2, 0) is 11.3 Å². The zero-order valence-corrected chi connectivity index (χ0v) is 12.9. The van der Waals surface area contributed by atoms with Crippen molar-refractivity contribution in [2.45, 2.75) is 13.5 Å². The molecule has 0 radical (unpaired) electrons. The van der Waals surface area contributed by atoms with Gasteiger partial charge in [0.2, 0.25) is 0 Å². The minimum absolute atomic E-state index is 0.151. The predicted octanol–water partition coefficient (Wildman–Crippen LogP) is 4.90. The molecule has 0 aromatic heterocycles. The number of anilines is 1. The molecule has 0 unspecified atom stereocenters. The second kappa shape index (κ2) is 6.99. The first-order valence-corrected chi connectivity index (χ1v) is 7.00. The molecule has 0 bridgehead atoms. The molecule has 0 aliphatic carbocycles. The molecule has 2 rings (SSSR count). The topological polar surface area (TPSA) is 67.8 Å². The van der Waals surface area contributed by atoms with E-state index in [-0.39, 0.29) is 12.3 Å². The highest BCUT2D eigenvalue weighted by Gasteiger charge is 2.12. The Balaban J connectivity index is 2.04. The van der Waals surface area contributed by atoms with Gasteiger partial charge in [-0.3, -0.25) is 5.32 Å². The molecule has 2 aromatic rings. The molecular weight excluding hydrogens is 336 g/mol. The molecule has 0 heterocycles. The van der Waals surface area contributed by atoms with E-state index >= 15 is 0 Å². The first kappa shape index (κ1) is 15.2. The van der Waals surface area contributed by atoms with E-state index in [2.05, 4.69) is 26.4 Å². The predicted molar refractivity (Wildman–Crippen MR) is 84.6 cm³/mol. The number of carbonyl (C=O) groups excluding carboxylic acids is 1. The van der Waals surface area contributed by atoms with Crippen LogP contribution in [0.2, 0.25) is 0 Å². The van der Waals surface area contributed by atoms with Crippen LogP contribution in [0.3, 0.4) is 0 Å². The lowest BCUT2D eigenvalue weighted by atomic mass is 10.2. The molecule has 21 heavy (non-hydrogen) atoms. The summed E-state index contributed by atoms with van der Waals surface area (Å²) in [7, 11) is 0. The maximum Gasteiger partial charge on any atom is 0.412 e. The highest BCUT2D eigenvalue weighted by atomic mass is 79.9. The lowest BCUT2D eigenvalue weighted by molar-refractivity contribution is 0.155. The van der Waals surface area contributed by atoms with Crippen LogP contribution < -0.4 is 5.32 Å². The highest BCUT2D eigenvalue weighted by molar-refractivity contribution is 9.10. The summed E-state index contributed by atoms with van der Waals surface area (Å²) in [5.74, 6) is 0.